The van der Waals surface area contributed by atoms with Crippen molar-refractivity contribution < 1.29 is 17.9 Å². The number of para-hydroxylation sites is 1. The number of hydrogen-bond donors (Lipinski definition) is 1. The van der Waals surface area contributed by atoms with Crippen molar-refractivity contribution in [3.63, 3.8) is 0 Å². The molecule has 1 N–H and O–H groups in total. The van der Waals surface area contributed by atoms with Crippen LogP contribution in [-0.4, -0.2) is 11.2 Å². The second-order valence-corrected chi connectivity index (χ2v) is 6.67. The Morgan fingerprint density at radius 3 is 2.46 bits per heavy atom. The van der Waals surface area contributed by atoms with Crippen LogP contribution in [0.4, 0.5) is 19.0 Å². The van der Waals surface area contributed by atoms with Gasteiger partial charge in [-0.2, -0.15) is 18.3 Å². The standard InChI is InChI=1S/C20H15BrF3N3O/c21-17-8-5-14(6-9-17)13-28-18-4-2-1-3-15(18)11-26-27-19-10-7-16(12-25-19)20(22,23)24/h1-12H,13H2,(H,25,27)/b26-11-. The number of anilines is 1. The van der Waals surface area contributed by atoms with Gasteiger partial charge in [0.2, 0.25) is 0 Å². The molecule has 0 fully saturated rings. The summed E-state index contributed by atoms with van der Waals surface area (Å²) in [5, 5.41) is 4.03. The number of alkyl halides is 3. The SMILES string of the molecule is FC(F)(F)c1ccc(N/N=C\c2ccccc2OCc2ccc(Br)cc2)nc1. The Morgan fingerprint density at radius 2 is 1.79 bits per heavy atom. The molecule has 0 aliphatic carbocycles. The van der Waals surface area contributed by atoms with E-state index in [0.29, 0.717) is 12.4 Å². The number of hydrazone groups is 1. The zero-order valence-electron chi connectivity index (χ0n) is 14.4. The molecule has 0 saturated carbocycles. The summed E-state index contributed by atoms with van der Waals surface area (Å²) in [5.41, 5.74) is 3.53. The van der Waals surface area contributed by atoms with Crippen LogP contribution in [0.3, 0.4) is 0 Å². The van der Waals surface area contributed by atoms with E-state index in [1.807, 2.05) is 48.5 Å². The summed E-state index contributed by atoms with van der Waals surface area (Å²) in [5.74, 6) is 0.842. The number of rotatable bonds is 6. The second kappa shape index (κ2) is 8.88. The van der Waals surface area contributed by atoms with E-state index in [2.05, 4.69) is 31.4 Å². The lowest BCUT2D eigenvalue weighted by Gasteiger charge is -2.09. The first-order chi connectivity index (χ1) is 13.4. The van der Waals surface area contributed by atoms with E-state index in [4.69, 9.17) is 4.74 Å². The predicted octanol–water partition coefficient (Wildman–Crippen LogP) is 5.89. The number of aromatic nitrogens is 1. The van der Waals surface area contributed by atoms with Crippen LogP contribution in [0.2, 0.25) is 0 Å². The first-order valence-electron chi connectivity index (χ1n) is 8.20. The highest BCUT2D eigenvalue weighted by Gasteiger charge is 2.30. The van der Waals surface area contributed by atoms with Gasteiger partial charge in [0.05, 0.1) is 11.8 Å². The van der Waals surface area contributed by atoms with E-state index >= 15 is 0 Å². The minimum absolute atomic E-state index is 0.206. The zero-order valence-corrected chi connectivity index (χ0v) is 16.0. The summed E-state index contributed by atoms with van der Waals surface area (Å²) >= 11 is 3.39. The Hall–Kier alpha value is -2.87. The molecule has 0 spiro atoms. The van der Waals surface area contributed by atoms with Gasteiger partial charge in [0.25, 0.3) is 0 Å². The highest BCUT2D eigenvalue weighted by atomic mass is 79.9. The van der Waals surface area contributed by atoms with E-state index in [1.54, 1.807) is 0 Å². The molecule has 0 atom stereocenters. The maximum Gasteiger partial charge on any atom is 0.417 e. The minimum atomic E-state index is -4.42. The first-order valence-corrected chi connectivity index (χ1v) is 9.00. The van der Waals surface area contributed by atoms with Gasteiger partial charge in [-0.05, 0) is 42.0 Å². The van der Waals surface area contributed by atoms with Gasteiger partial charge < -0.3 is 4.74 Å². The quantitative estimate of drug-likeness (QED) is 0.377. The molecule has 0 bridgehead atoms. The van der Waals surface area contributed by atoms with Crippen LogP contribution in [0.15, 0.2) is 76.4 Å². The Labute approximate surface area is 168 Å². The highest BCUT2D eigenvalue weighted by Crippen LogP contribution is 2.28. The van der Waals surface area contributed by atoms with Crippen LogP contribution in [0.25, 0.3) is 0 Å². The fraction of sp³-hybridized carbons (Fsp3) is 0.100. The van der Waals surface area contributed by atoms with Crippen LogP contribution in [0.1, 0.15) is 16.7 Å². The van der Waals surface area contributed by atoms with Gasteiger partial charge in [-0.3, -0.25) is 5.43 Å². The van der Waals surface area contributed by atoms with E-state index in [1.165, 1.54) is 12.3 Å². The number of nitrogens with zero attached hydrogens (tertiary/aromatic N) is 2. The third-order valence-electron chi connectivity index (χ3n) is 3.70. The van der Waals surface area contributed by atoms with Crippen molar-refractivity contribution >= 4 is 28.0 Å². The summed E-state index contributed by atoms with van der Waals surface area (Å²) < 4.78 is 44.5. The molecule has 4 nitrogen and oxygen atoms in total. The maximum atomic E-state index is 12.5. The van der Waals surface area contributed by atoms with E-state index in [9.17, 15) is 13.2 Å². The fourth-order valence-corrected chi connectivity index (χ4v) is 2.52. The van der Waals surface area contributed by atoms with Crippen LogP contribution in [0, 0.1) is 0 Å². The van der Waals surface area contributed by atoms with Crippen molar-refractivity contribution in [2.45, 2.75) is 12.8 Å². The summed E-state index contributed by atoms with van der Waals surface area (Å²) in [6.45, 7) is 0.395. The van der Waals surface area contributed by atoms with E-state index < -0.39 is 11.7 Å². The number of benzene rings is 2. The van der Waals surface area contributed by atoms with E-state index in [0.717, 1.165) is 27.9 Å². The Balaban J connectivity index is 1.63. The molecule has 0 radical (unpaired) electrons. The molecule has 3 aromatic rings. The lowest BCUT2D eigenvalue weighted by atomic mass is 10.2. The van der Waals surface area contributed by atoms with Gasteiger partial charge in [-0.25, -0.2) is 4.98 Å². The molecule has 8 heteroatoms. The van der Waals surface area contributed by atoms with Crippen molar-refractivity contribution in [3.8, 4) is 5.75 Å². The second-order valence-electron chi connectivity index (χ2n) is 5.75. The first kappa shape index (κ1) is 19.9. The molecular weight excluding hydrogens is 435 g/mol. The molecule has 3 rings (SSSR count). The van der Waals surface area contributed by atoms with E-state index in [-0.39, 0.29) is 5.82 Å². The molecule has 1 aromatic heterocycles. The molecule has 1 heterocycles. The Morgan fingerprint density at radius 1 is 1.04 bits per heavy atom. The molecule has 28 heavy (non-hydrogen) atoms. The van der Waals surface area contributed by atoms with Gasteiger partial charge in [0.1, 0.15) is 18.2 Å². The minimum Gasteiger partial charge on any atom is -0.488 e. The molecule has 0 unspecified atom stereocenters. The van der Waals surface area contributed by atoms with Crippen molar-refractivity contribution in [1.29, 1.82) is 0 Å². The summed E-state index contributed by atoms with van der Waals surface area (Å²) in [6, 6.07) is 17.3. The average molecular weight is 450 g/mol. The van der Waals surface area contributed by atoms with Crippen LogP contribution in [0.5, 0.6) is 5.75 Å². The molecule has 0 aliphatic heterocycles. The van der Waals surface area contributed by atoms with Gasteiger partial charge in [-0.1, -0.05) is 40.2 Å². The van der Waals surface area contributed by atoms with Crippen molar-refractivity contribution in [3.05, 3.63) is 88.0 Å². The molecular formula is C20H15BrF3N3O. The van der Waals surface area contributed by atoms with Crippen molar-refractivity contribution in [2.75, 3.05) is 5.43 Å². The maximum absolute atomic E-state index is 12.5. The fourth-order valence-electron chi connectivity index (χ4n) is 2.26. The van der Waals surface area contributed by atoms with Gasteiger partial charge in [0, 0.05) is 16.2 Å². The van der Waals surface area contributed by atoms with Gasteiger partial charge >= 0.3 is 6.18 Å². The lowest BCUT2D eigenvalue weighted by Crippen LogP contribution is -2.05. The van der Waals surface area contributed by atoms with Gasteiger partial charge in [-0.15, -0.1) is 0 Å². The third-order valence-corrected chi connectivity index (χ3v) is 4.23. The molecule has 0 amide bonds. The van der Waals surface area contributed by atoms with Crippen LogP contribution >= 0.6 is 15.9 Å². The smallest absolute Gasteiger partial charge is 0.417 e. The predicted molar refractivity (Wildman–Crippen MR) is 105 cm³/mol. The zero-order chi connectivity index (χ0) is 20.0. The van der Waals surface area contributed by atoms with Crippen molar-refractivity contribution in [2.24, 2.45) is 5.10 Å². The van der Waals surface area contributed by atoms with Crippen molar-refractivity contribution in [1.82, 2.24) is 4.98 Å². The van der Waals surface area contributed by atoms with Crippen LogP contribution < -0.4 is 10.2 Å². The average Bonchev–Trinajstić information content (AvgIpc) is 2.68. The van der Waals surface area contributed by atoms with Crippen LogP contribution in [-0.2, 0) is 12.8 Å². The number of nitrogens with one attached hydrogen (secondary N) is 1. The molecule has 144 valence electrons. The number of ether oxygens (including phenoxy) is 1. The lowest BCUT2D eigenvalue weighted by molar-refractivity contribution is -0.137. The summed E-state index contributed by atoms with van der Waals surface area (Å²) in [4.78, 5) is 3.70. The number of halogens is 4. The van der Waals surface area contributed by atoms with Gasteiger partial charge in [0.15, 0.2) is 0 Å². The molecule has 2 aromatic carbocycles. The number of hydrogen-bond acceptors (Lipinski definition) is 4. The molecule has 0 saturated heterocycles. The largest absolute Gasteiger partial charge is 0.488 e. The summed E-state index contributed by atoms with van der Waals surface area (Å²) in [6.07, 6.45) is -2.14. The topological polar surface area (TPSA) is 46.5 Å². The number of pyridine rings is 1. The normalized spacial score (nSPS) is 11.6. The summed E-state index contributed by atoms with van der Waals surface area (Å²) in [7, 11) is 0. The molecule has 0 aliphatic rings. The Bertz CT molecular complexity index is 942. The third kappa shape index (κ3) is 5.56. The highest BCUT2D eigenvalue weighted by molar-refractivity contribution is 9.10. The monoisotopic (exact) mass is 449 g/mol. The Kier molecular flexibility index (Phi) is 6.30.